The van der Waals surface area contributed by atoms with Gasteiger partial charge in [-0.25, -0.2) is 0 Å². The van der Waals surface area contributed by atoms with Crippen LogP contribution < -0.4 is 5.32 Å². The minimum absolute atomic E-state index is 0.00444. The maximum atomic E-state index is 10.6. The molecule has 1 fully saturated rings. The summed E-state index contributed by atoms with van der Waals surface area (Å²) in [7, 11) is 0. The summed E-state index contributed by atoms with van der Waals surface area (Å²) in [5, 5.41) is 2.59. The fraction of sp³-hybridized carbons (Fsp3) is 0.667. The second-order valence-electron chi connectivity index (χ2n) is 2.32. The highest BCUT2D eigenvalue weighted by Gasteiger charge is 2.24. The Morgan fingerprint density at radius 1 is 1.78 bits per heavy atom. The lowest BCUT2D eigenvalue weighted by Crippen LogP contribution is -2.16. The highest BCUT2D eigenvalue weighted by molar-refractivity contribution is 5.88. The van der Waals surface area contributed by atoms with Crippen LogP contribution in [0.1, 0.15) is 13.3 Å². The Hall–Kier alpha value is -0.860. The predicted molar refractivity (Wildman–Crippen MR) is 31.8 cm³/mol. The molecular formula is C6H9NO2. The van der Waals surface area contributed by atoms with Crippen LogP contribution in [0, 0.1) is 5.92 Å². The van der Waals surface area contributed by atoms with Gasteiger partial charge in [-0.3, -0.25) is 9.59 Å². The van der Waals surface area contributed by atoms with E-state index in [1.807, 2.05) is 0 Å². The van der Waals surface area contributed by atoms with Crippen molar-refractivity contribution in [1.29, 1.82) is 0 Å². The van der Waals surface area contributed by atoms with E-state index in [1.165, 1.54) is 6.92 Å². The Labute approximate surface area is 53.4 Å². The van der Waals surface area contributed by atoms with E-state index in [2.05, 4.69) is 5.32 Å². The van der Waals surface area contributed by atoms with Gasteiger partial charge in [-0.05, 0) is 6.92 Å². The van der Waals surface area contributed by atoms with E-state index in [4.69, 9.17) is 0 Å². The van der Waals surface area contributed by atoms with E-state index in [9.17, 15) is 9.59 Å². The van der Waals surface area contributed by atoms with Gasteiger partial charge in [0.05, 0.1) is 0 Å². The van der Waals surface area contributed by atoms with Gasteiger partial charge in [-0.2, -0.15) is 0 Å². The minimum atomic E-state index is -0.0579. The van der Waals surface area contributed by atoms with Gasteiger partial charge in [0.15, 0.2) is 0 Å². The number of hydrogen-bond acceptors (Lipinski definition) is 2. The first-order chi connectivity index (χ1) is 4.20. The predicted octanol–water partition coefficient (Wildman–Crippen LogP) is -0.288. The van der Waals surface area contributed by atoms with Gasteiger partial charge in [0.25, 0.3) is 0 Å². The molecule has 3 nitrogen and oxygen atoms in total. The minimum Gasteiger partial charge on any atom is -0.355 e. The molecule has 1 saturated heterocycles. The fourth-order valence-corrected chi connectivity index (χ4v) is 0.893. The highest BCUT2D eigenvalue weighted by atomic mass is 16.2. The maximum Gasteiger partial charge on any atom is 0.220 e. The topological polar surface area (TPSA) is 46.2 Å². The van der Waals surface area contributed by atoms with Gasteiger partial charge in [0, 0.05) is 18.9 Å². The number of carbonyl (C=O) groups excluding carboxylic acids is 2. The van der Waals surface area contributed by atoms with Crippen molar-refractivity contribution in [3.8, 4) is 0 Å². The molecule has 3 heteroatoms. The van der Waals surface area contributed by atoms with Crippen LogP contribution in [0.25, 0.3) is 0 Å². The molecule has 0 aliphatic carbocycles. The Morgan fingerprint density at radius 2 is 2.44 bits per heavy atom. The zero-order valence-corrected chi connectivity index (χ0v) is 5.31. The van der Waals surface area contributed by atoms with Crippen LogP contribution in [0.15, 0.2) is 0 Å². The molecule has 0 unspecified atom stereocenters. The molecule has 9 heavy (non-hydrogen) atoms. The van der Waals surface area contributed by atoms with Crippen LogP contribution in [-0.4, -0.2) is 18.2 Å². The van der Waals surface area contributed by atoms with E-state index in [0.717, 1.165) is 0 Å². The van der Waals surface area contributed by atoms with E-state index in [1.54, 1.807) is 0 Å². The molecule has 0 bridgehead atoms. The van der Waals surface area contributed by atoms with E-state index in [0.29, 0.717) is 13.0 Å². The summed E-state index contributed by atoms with van der Waals surface area (Å²) in [5.41, 5.74) is 0. The molecule has 0 aromatic rings. The van der Waals surface area contributed by atoms with Gasteiger partial charge >= 0.3 is 0 Å². The third-order valence-corrected chi connectivity index (χ3v) is 1.55. The third-order valence-electron chi connectivity index (χ3n) is 1.55. The average Bonchev–Trinajstić information content (AvgIpc) is 2.14. The molecule has 0 saturated carbocycles. The van der Waals surface area contributed by atoms with Crippen molar-refractivity contribution >= 4 is 11.7 Å². The van der Waals surface area contributed by atoms with Crippen LogP contribution >= 0.6 is 0 Å². The first-order valence-corrected chi connectivity index (χ1v) is 2.97. The lowest BCUT2D eigenvalue weighted by atomic mass is 10.1. The third kappa shape index (κ3) is 1.28. The summed E-state index contributed by atoms with van der Waals surface area (Å²) < 4.78 is 0. The first kappa shape index (κ1) is 6.26. The van der Waals surface area contributed by atoms with Crippen molar-refractivity contribution in [1.82, 2.24) is 5.32 Å². The van der Waals surface area contributed by atoms with E-state index in [-0.39, 0.29) is 17.6 Å². The standard InChI is InChI=1S/C6H9NO2/c1-4(8)5-2-6(9)7-3-5/h5H,2-3H2,1H3,(H,7,9)/t5-/m1/s1. The van der Waals surface area contributed by atoms with Crippen molar-refractivity contribution in [2.75, 3.05) is 6.54 Å². The number of hydrogen-bond donors (Lipinski definition) is 1. The lowest BCUT2D eigenvalue weighted by Gasteiger charge is -1.96. The van der Waals surface area contributed by atoms with Crippen molar-refractivity contribution in [2.24, 2.45) is 5.92 Å². The van der Waals surface area contributed by atoms with Crippen LogP contribution in [0.4, 0.5) is 0 Å². The zero-order valence-electron chi connectivity index (χ0n) is 5.31. The molecule has 0 aromatic carbocycles. The van der Waals surface area contributed by atoms with Crippen LogP contribution in [0.5, 0.6) is 0 Å². The smallest absolute Gasteiger partial charge is 0.220 e. The number of rotatable bonds is 1. The van der Waals surface area contributed by atoms with Gasteiger partial charge in [0.1, 0.15) is 5.78 Å². The summed E-state index contributed by atoms with van der Waals surface area (Å²) in [6, 6.07) is 0. The molecule has 1 atom stereocenters. The number of amides is 1. The van der Waals surface area contributed by atoms with Gasteiger partial charge in [-0.15, -0.1) is 0 Å². The zero-order chi connectivity index (χ0) is 6.85. The first-order valence-electron chi connectivity index (χ1n) is 2.97. The van der Waals surface area contributed by atoms with Crippen molar-refractivity contribution in [2.45, 2.75) is 13.3 Å². The molecule has 0 radical (unpaired) electrons. The monoisotopic (exact) mass is 127 g/mol. The Morgan fingerprint density at radius 3 is 2.67 bits per heavy atom. The van der Waals surface area contributed by atoms with Crippen LogP contribution in [0.3, 0.4) is 0 Å². The largest absolute Gasteiger partial charge is 0.355 e. The summed E-state index contributed by atoms with van der Waals surface area (Å²) in [4.78, 5) is 21.1. The molecule has 1 aliphatic heterocycles. The quantitative estimate of drug-likeness (QED) is 0.526. The normalized spacial score (nSPS) is 25.9. The van der Waals surface area contributed by atoms with Gasteiger partial charge < -0.3 is 5.32 Å². The fourth-order valence-electron chi connectivity index (χ4n) is 0.893. The molecule has 1 amide bonds. The molecule has 0 spiro atoms. The second-order valence-corrected chi connectivity index (χ2v) is 2.32. The van der Waals surface area contributed by atoms with E-state index >= 15 is 0 Å². The summed E-state index contributed by atoms with van der Waals surface area (Å²) in [6.45, 7) is 2.05. The molecule has 1 heterocycles. The molecule has 50 valence electrons. The van der Waals surface area contributed by atoms with E-state index < -0.39 is 0 Å². The van der Waals surface area contributed by atoms with Crippen molar-refractivity contribution in [3.63, 3.8) is 0 Å². The molecular weight excluding hydrogens is 118 g/mol. The number of Topliss-reactive ketones (excluding diaryl/α,β-unsaturated/α-hetero) is 1. The van der Waals surface area contributed by atoms with Gasteiger partial charge in [0.2, 0.25) is 5.91 Å². The SMILES string of the molecule is CC(=O)[C@H]1CNC(=O)C1. The highest BCUT2D eigenvalue weighted by Crippen LogP contribution is 2.08. The van der Waals surface area contributed by atoms with Crippen molar-refractivity contribution < 1.29 is 9.59 Å². The Balaban J connectivity index is 2.48. The summed E-state index contributed by atoms with van der Waals surface area (Å²) >= 11 is 0. The number of nitrogens with one attached hydrogen (secondary N) is 1. The molecule has 0 aromatic heterocycles. The van der Waals surface area contributed by atoms with Crippen molar-refractivity contribution in [3.05, 3.63) is 0 Å². The average molecular weight is 127 g/mol. The molecule has 1 aliphatic rings. The Bertz CT molecular complexity index is 153. The summed E-state index contributed by atoms with van der Waals surface area (Å²) in [5.74, 6) is 0.0426. The lowest BCUT2D eigenvalue weighted by molar-refractivity contribution is -0.123. The van der Waals surface area contributed by atoms with Crippen LogP contribution in [-0.2, 0) is 9.59 Å². The number of carbonyl (C=O) groups is 2. The van der Waals surface area contributed by atoms with Crippen LogP contribution in [0.2, 0.25) is 0 Å². The maximum absolute atomic E-state index is 10.6. The Kier molecular flexibility index (Phi) is 1.51. The molecule has 1 N–H and O–H groups in total. The second kappa shape index (κ2) is 2.17. The van der Waals surface area contributed by atoms with Gasteiger partial charge in [-0.1, -0.05) is 0 Å². The molecule has 1 rings (SSSR count). The number of ketones is 1. The summed E-state index contributed by atoms with van der Waals surface area (Å²) in [6.07, 6.45) is 0.384.